The summed E-state index contributed by atoms with van der Waals surface area (Å²) in [5.41, 5.74) is 2.46. The zero-order valence-electron chi connectivity index (χ0n) is 12.6. The van der Waals surface area contributed by atoms with Crippen LogP contribution in [0.2, 0.25) is 0 Å². The Hall–Kier alpha value is -1.39. The number of fused-ring (bicyclic) bond motifs is 1. The van der Waals surface area contributed by atoms with E-state index in [0.29, 0.717) is 12.5 Å². The first-order valence-electron chi connectivity index (χ1n) is 8.13. The molecule has 2 aromatic heterocycles. The molecule has 1 aliphatic rings. The summed E-state index contributed by atoms with van der Waals surface area (Å²) in [4.78, 5) is 10.3. The van der Waals surface area contributed by atoms with Crippen LogP contribution in [0.5, 0.6) is 0 Å². The van der Waals surface area contributed by atoms with Gasteiger partial charge < -0.3 is 15.0 Å². The van der Waals surface area contributed by atoms with E-state index in [-0.39, 0.29) is 0 Å². The predicted octanol–water partition coefficient (Wildman–Crippen LogP) is 2.90. The highest BCUT2D eigenvalue weighted by Crippen LogP contribution is 2.32. The van der Waals surface area contributed by atoms with Gasteiger partial charge in [0.05, 0.1) is 0 Å². The Labute approximate surface area is 126 Å². The first-order valence-corrected chi connectivity index (χ1v) is 8.13. The largest absolute Gasteiger partial charge is 0.396 e. The number of nitrogens with one attached hydrogen (secondary N) is 1. The van der Waals surface area contributed by atoms with E-state index >= 15 is 0 Å². The SMILES string of the molecule is OCCCCCN1CCC(c2c[nH]c3ncccc23)CC1. The molecular weight excluding hydrogens is 262 g/mol. The minimum Gasteiger partial charge on any atom is -0.396 e. The molecule has 0 saturated carbocycles. The van der Waals surface area contributed by atoms with Crippen LogP contribution in [0, 0.1) is 0 Å². The number of nitrogens with zero attached hydrogens (tertiary/aromatic N) is 2. The Morgan fingerprint density at radius 3 is 2.90 bits per heavy atom. The van der Waals surface area contributed by atoms with Crippen molar-refractivity contribution in [2.45, 2.75) is 38.0 Å². The normalized spacial score (nSPS) is 17.6. The van der Waals surface area contributed by atoms with Gasteiger partial charge in [0.2, 0.25) is 0 Å². The van der Waals surface area contributed by atoms with Gasteiger partial charge in [0.15, 0.2) is 0 Å². The molecular formula is C17H25N3O. The Bertz CT molecular complexity index is 558. The number of likely N-dealkylation sites (tertiary alicyclic amines) is 1. The molecule has 2 N–H and O–H groups in total. The van der Waals surface area contributed by atoms with Crippen molar-refractivity contribution >= 4 is 11.0 Å². The van der Waals surface area contributed by atoms with Crippen LogP contribution in [0.4, 0.5) is 0 Å². The summed E-state index contributed by atoms with van der Waals surface area (Å²) < 4.78 is 0. The van der Waals surface area contributed by atoms with Crippen molar-refractivity contribution in [2.75, 3.05) is 26.2 Å². The number of pyridine rings is 1. The minimum absolute atomic E-state index is 0.330. The van der Waals surface area contributed by atoms with E-state index in [1.807, 2.05) is 12.3 Å². The van der Waals surface area contributed by atoms with Crippen LogP contribution >= 0.6 is 0 Å². The Balaban J connectivity index is 1.54. The average Bonchev–Trinajstić information content (AvgIpc) is 2.96. The van der Waals surface area contributed by atoms with Crippen LogP contribution in [-0.4, -0.2) is 46.2 Å². The van der Waals surface area contributed by atoms with Gasteiger partial charge in [-0.25, -0.2) is 4.98 Å². The first kappa shape index (κ1) is 14.5. The van der Waals surface area contributed by atoms with Crippen LogP contribution < -0.4 is 0 Å². The number of hydrogen-bond donors (Lipinski definition) is 2. The molecule has 0 radical (unpaired) electrons. The lowest BCUT2D eigenvalue weighted by Gasteiger charge is -2.31. The van der Waals surface area contributed by atoms with E-state index in [0.717, 1.165) is 18.5 Å². The second-order valence-corrected chi connectivity index (χ2v) is 6.04. The van der Waals surface area contributed by atoms with Crippen molar-refractivity contribution < 1.29 is 5.11 Å². The lowest BCUT2D eigenvalue weighted by Crippen LogP contribution is -2.33. The average molecular weight is 287 g/mol. The van der Waals surface area contributed by atoms with Crippen molar-refractivity contribution in [3.8, 4) is 0 Å². The fourth-order valence-corrected chi connectivity index (χ4v) is 3.41. The number of unbranched alkanes of at least 4 members (excludes halogenated alkanes) is 2. The smallest absolute Gasteiger partial charge is 0.137 e. The standard InChI is InChI=1S/C17H25N3O/c21-12-3-1-2-9-20-10-6-14(7-11-20)16-13-19-17-15(16)5-4-8-18-17/h4-5,8,13-14,21H,1-3,6-7,9-12H2,(H,18,19). The summed E-state index contributed by atoms with van der Waals surface area (Å²) in [5, 5.41) is 10.1. The highest BCUT2D eigenvalue weighted by atomic mass is 16.2. The third-order valence-electron chi connectivity index (χ3n) is 4.64. The predicted molar refractivity (Wildman–Crippen MR) is 85.4 cm³/mol. The monoisotopic (exact) mass is 287 g/mol. The van der Waals surface area contributed by atoms with Crippen LogP contribution in [-0.2, 0) is 0 Å². The number of hydrogen-bond acceptors (Lipinski definition) is 3. The van der Waals surface area contributed by atoms with Gasteiger partial charge in [0.1, 0.15) is 5.65 Å². The van der Waals surface area contributed by atoms with Gasteiger partial charge in [0.25, 0.3) is 0 Å². The molecule has 0 aromatic carbocycles. The number of H-pyrrole nitrogens is 1. The van der Waals surface area contributed by atoms with Gasteiger partial charge in [-0.05, 0) is 75.4 Å². The Kier molecular flexibility index (Phi) is 4.88. The summed E-state index contributed by atoms with van der Waals surface area (Å²) in [6.45, 7) is 3.90. The maximum Gasteiger partial charge on any atom is 0.137 e. The lowest BCUT2D eigenvalue weighted by molar-refractivity contribution is 0.205. The fraction of sp³-hybridized carbons (Fsp3) is 0.588. The molecule has 114 valence electrons. The minimum atomic E-state index is 0.330. The van der Waals surface area contributed by atoms with Crippen molar-refractivity contribution in [1.82, 2.24) is 14.9 Å². The number of aromatic nitrogens is 2. The van der Waals surface area contributed by atoms with Crippen molar-refractivity contribution in [2.24, 2.45) is 0 Å². The number of rotatable bonds is 6. The quantitative estimate of drug-likeness (QED) is 0.803. The van der Waals surface area contributed by atoms with Crippen molar-refractivity contribution in [3.05, 3.63) is 30.1 Å². The first-order chi connectivity index (χ1) is 10.4. The van der Waals surface area contributed by atoms with Gasteiger partial charge in [-0.3, -0.25) is 0 Å². The molecule has 2 aromatic rings. The van der Waals surface area contributed by atoms with Gasteiger partial charge >= 0.3 is 0 Å². The molecule has 0 amide bonds. The zero-order valence-corrected chi connectivity index (χ0v) is 12.6. The van der Waals surface area contributed by atoms with Crippen molar-refractivity contribution in [1.29, 1.82) is 0 Å². The van der Waals surface area contributed by atoms with Gasteiger partial charge in [-0.15, -0.1) is 0 Å². The highest BCUT2D eigenvalue weighted by Gasteiger charge is 2.22. The molecule has 0 bridgehead atoms. The molecule has 1 fully saturated rings. The van der Waals surface area contributed by atoms with E-state index in [2.05, 4.69) is 27.1 Å². The van der Waals surface area contributed by atoms with E-state index in [9.17, 15) is 0 Å². The molecule has 4 nitrogen and oxygen atoms in total. The van der Waals surface area contributed by atoms with Gasteiger partial charge in [0, 0.05) is 24.4 Å². The molecule has 1 saturated heterocycles. The summed E-state index contributed by atoms with van der Waals surface area (Å²) in [7, 11) is 0. The van der Waals surface area contributed by atoms with E-state index in [1.165, 1.54) is 49.8 Å². The summed E-state index contributed by atoms with van der Waals surface area (Å²) >= 11 is 0. The Morgan fingerprint density at radius 1 is 1.24 bits per heavy atom. The molecule has 0 spiro atoms. The summed E-state index contributed by atoms with van der Waals surface area (Å²) in [6.07, 6.45) is 9.77. The maximum atomic E-state index is 8.81. The molecule has 21 heavy (non-hydrogen) atoms. The summed E-state index contributed by atoms with van der Waals surface area (Å²) in [6, 6.07) is 4.20. The maximum absolute atomic E-state index is 8.81. The molecule has 3 rings (SSSR count). The van der Waals surface area contributed by atoms with Crippen LogP contribution in [0.25, 0.3) is 11.0 Å². The second kappa shape index (κ2) is 7.05. The number of piperidine rings is 1. The molecule has 1 aliphatic heterocycles. The summed E-state index contributed by atoms with van der Waals surface area (Å²) in [5.74, 6) is 0.664. The lowest BCUT2D eigenvalue weighted by atomic mass is 9.89. The van der Waals surface area contributed by atoms with Gasteiger partial charge in [-0.2, -0.15) is 0 Å². The number of aromatic amines is 1. The van der Waals surface area contributed by atoms with Crippen LogP contribution in [0.1, 0.15) is 43.6 Å². The number of aliphatic hydroxyl groups excluding tert-OH is 1. The molecule has 0 atom stereocenters. The van der Waals surface area contributed by atoms with Crippen LogP contribution in [0.15, 0.2) is 24.5 Å². The fourth-order valence-electron chi connectivity index (χ4n) is 3.41. The zero-order chi connectivity index (χ0) is 14.5. The highest BCUT2D eigenvalue weighted by molar-refractivity contribution is 5.80. The molecule has 0 aliphatic carbocycles. The molecule has 4 heteroatoms. The Morgan fingerprint density at radius 2 is 2.10 bits per heavy atom. The van der Waals surface area contributed by atoms with Gasteiger partial charge in [-0.1, -0.05) is 0 Å². The van der Waals surface area contributed by atoms with Crippen molar-refractivity contribution in [3.63, 3.8) is 0 Å². The third-order valence-corrected chi connectivity index (χ3v) is 4.64. The molecule has 0 unspecified atom stereocenters. The molecule has 3 heterocycles. The van der Waals surface area contributed by atoms with E-state index < -0.39 is 0 Å². The number of aliphatic hydroxyl groups is 1. The third kappa shape index (κ3) is 3.44. The van der Waals surface area contributed by atoms with E-state index in [1.54, 1.807) is 0 Å². The second-order valence-electron chi connectivity index (χ2n) is 6.04. The van der Waals surface area contributed by atoms with E-state index in [4.69, 9.17) is 5.11 Å². The topological polar surface area (TPSA) is 52.1 Å². The van der Waals surface area contributed by atoms with Crippen LogP contribution in [0.3, 0.4) is 0 Å².